The highest BCUT2D eigenvalue weighted by Crippen LogP contribution is 2.24. The Bertz CT molecular complexity index is 172. The molecule has 3 N–H and O–H groups in total. The van der Waals surface area contributed by atoms with E-state index in [2.05, 4.69) is 10.6 Å². The highest BCUT2D eigenvalue weighted by Gasteiger charge is 2.15. The van der Waals surface area contributed by atoms with Crippen LogP contribution in [0.3, 0.4) is 0 Å². The van der Waals surface area contributed by atoms with E-state index in [1.165, 1.54) is 18.6 Å². The molecule has 0 bridgehead atoms. The molecule has 1 rings (SSSR count). The van der Waals surface area contributed by atoms with Crippen LogP contribution in [0.15, 0.2) is 0 Å². The summed E-state index contributed by atoms with van der Waals surface area (Å²) < 4.78 is 0. The summed E-state index contributed by atoms with van der Waals surface area (Å²) in [5.41, 5.74) is 0. The number of carbonyl (C=O) groups is 1. The van der Waals surface area contributed by atoms with Crippen LogP contribution in [-0.2, 0) is 0 Å². The van der Waals surface area contributed by atoms with Gasteiger partial charge in [-0.25, -0.2) is 4.79 Å². The van der Waals surface area contributed by atoms with E-state index in [9.17, 15) is 4.79 Å². The van der Waals surface area contributed by atoms with Gasteiger partial charge in [-0.15, -0.1) is 0 Å². The standard InChI is InChI=1S/C9H18N2O2S/c12-5-2-4-10-9(13)11-7-8-3-1-6-14-8/h8,12H,1-7H2,(H2,10,11,13). The van der Waals surface area contributed by atoms with Crippen molar-refractivity contribution in [3.05, 3.63) is 0 Å². The minimum atomic E-state index is -0.119. The van der Waals surface area contributed by atoms with Crippen molar-refractivity contribution in [1.82, 2.24) is 10.6 Å². The predicted molar refractivity (Wildman–Crippen MR) is 58.6 cm³/mol. The Morgan fingerprint density at radius 3 is 3.00 bits per heavy atom. The molecule has 82 valence electrons. The van der Waals surface area contributed by atoms with Crippen molar-refractivity contribution in [2.24, 2.45) is 0 Å². The minimum Gasteiger partial charge on any atom is -0.396 e. The number of aliphatic hydroxyl groups excluding tert-OH is 1. The Kier molecular flexibility index (Phi) is 5.78. The molecule has 1 aliphatic rings. The highest BCUT2D eigenvalue weighted by atomic mass is 32.2. The normalized spacial score (nSPS) is 20.8. The number of carbonyl (C=O) groups excluding carboxylic acids is 1. The summed E-state index contributed by atoms with van der Waals surface area (Å²) >= 11 is 1.93. The van der Waals surface area contributed by atoms with Crippen LogP contribution >= 0.6 is 11.8 Å². The van der Waals surface area contributed by atoms with Crippen molar-refractivity contribution in [3.63, 3.8) is 0 Å². The van der Waals surface area contributed by atoms with Crippen LogP contribution in [0, 0.1) is 0 Å². The maximum absolute atomic E-state index is 11.2. The molecule has 5 heteroatoms. The van der Waals surface area contributed by atoms with Gasteiger partial charge in [0.25, 0.3) is 0 Å². The number of rotatable bonds is 5. The van der Waals surface area contributed by atoms with Gasteiger partial charge in [-0.05, 0) is 25.0 Å². The van der Waals surface area contributed by atoms with Gasteiger partial charge in [-0.3, -0.25) is 0 Å². The Hall–Kier alpha value is -0.420. The Balaban J connectivity index is 1.96. The van der Waals surface area contributed by atoms with Crippen LogP contribution in [0.5, 0.6) is 0 Å². The smallest absolute Gasteiger partial charge is 0.314 e. The van der Waals surface area contributed by atoms with Crippen LogP contribution in [0.25, 0.3) is 0 Å². The molecular formula is C9H18N2O2S. The molecule has 0 aromatic rings. The summed E-state index contributed by atoms with van der Waals surface area (Å²) in [5, 5.41) is 14.6. The van der Waals surface area contributed by atoms with E-state index in [0.717, 1.165) is 6.54 Å². The van der Waals surface area contributed by atoms with Crippen molar-refractivity contribution in [2.75, 3.05) is 25.4 Å². The monoisotopic (exact) mass is 218 g/mol. The summed E-state index contributed by atoms with van der Waals surface area (Å²) in [5.74, 6) is 1.22. The van der Waals surface area contributed by atoms with Crippen molar-refractivity contribution < 1.29 is 9.90 Å². The van der Waals surface area contributed by atoms with Crippen molar-refractivity contribution in [2.45, 2.75) is 24.5 Å². The van der Waals surface area contributed by atoms with Gasteiger partial charge >= 0.3 is 6.03 Å². The Morgan fingerprint density at radius 2 is 2.36 bits per heavy atom. The molecule has 1 aliphatic heterocycles. The molecule has 0 radical (unpaired) electrons. The van der Waals surface area contributed by atoms with E-state index >= 15 is 0 Å². The van der Waals surface area contributed by atoms with Gasteiger partial charge in [0.2, 0.25) is 0 Å². The van der Waals surface area contributed by atoms with Crippen molar-refractivity contribution in [3.8, 4) is 0 Å². The third-order valence-corrected chi connectivity index (χ3v) is 3.53. The van der Waals surface area contributed by atoms with Crippen LogP contribution in [-0.4, -0.2) is 41.8 Å². The van der Waals surface area contributed by atoms with Crippen molar-refractivity contribution in [1.29, 1.82) is 0 Å². The summed E-state index contributed by atoms with van der Waals surface area (Å²) in [4.78, 5) is 11.2. The first-order chi connectivity index (χ1) is 6.83. The van der Waals surface area contributed by atoms with Gasteiger partial charge in [0.05, 0.1) is 0 Å². The third-order valence-electron chi connectivity index (χ3n) is 2.13. The average Bonchev–Trinajstić information content (AvgIpc) is 2.68. The summed E-state index contributed by atoms with van der Waals surface area (Å²) in [6.07, 6.45) is 3.09. The van der Waals surface area contributed by atoms with Crippen LogP contribution in [0.1, 0.15) is 19.3 Å². The molecule has 14 heavy (non-hydrogen) atoms. The molecule has 1 saturated heterocycles. The molecule has 1 unspecified atom stereocenters. The molecule has 1 heterocycles. The minimum absolute atomic E-state index is 0.119. The molecule has 1 fully saturated rings. The van der Waals surface area contributed by atoms with E-state index in [0.29, 0.717) is 18.2 Å². The molecule has 0 aromatic heterocycles. The second-order valence-electron chi connectivity index (χ2n) is 3.35. The predicted octanol–water partition coefficient (Wildman–Crippen LogP) is 0.564. The quantitative estimate of drug-likeness (QED) is 0.591. The number of thioether (sulfide) groups is 1. The zero-order valence-corrected chi connectivity index (χ0v) is 9.11. The fourth-order valence-corrected chi connectivity index (χ4v) is 2.56. The number of urea groups is 1. The Morgan fingerprint density at radius 1 is 1.50 bits per heavy atom. The first kappa shape index (κ1) is 11.7. The first-order valence-electron chi connectivity index (χ1n) is 5.07. The van der Waals surface area contributed by atoms with Crippen LogP contribution < -0.4 is 10.6 Å². The zero-order valence-electron chi connectivity index (χ0n) is 8.29. The van der Waals surface area contributed by atoms with Gasteiger partial charge in [0, 0.05) is 24.9 Å². The van der Waals surface area contributed by atoms with Gasteiger partial charge in [-0.2, -0.15) is 11.8 Å². The Labute approximate surface area is 88.8 Å². The average molecular weight is 218 g/mol. The number of hydrogen-bond acceptors (Lipinski definition) is 3. The van der Waals surface area contributed by atoms with Gasteiger partial charge < -0.3 is 15.7 Å². The molecule has 0 saturated carbocycles. The molecule has 4 nitrogen and oxygen atoms in total. The topological polar surface area (TPSA) is 61.4 Å². The summed E-state index contributed by atoms with van der Waals surface area (Å²) in [6.45, 7) is 1.43. The molecule has 1 atom stereocenters. The fraction of sp³-hybridized carbons (Fsp3) is 0.889. The third kappa shape index (κ3) is 4.72. The van der Waals surface area contributed by atoms with Gasteiger partial charge in [0.15, 0.2) is 0 Å². The lowest BCUT2D eigenvalue weighted by molar-refractivity contribution is 0.238. The SMILES string of the molecule is O=C(NCCCO)NCC1CCCS1. The molecule has 0 spiro atoms. The summed E-state index contributed by atoms with van der Waals surface area (Å²) in [7, 11) is 0. The fourth-order valence-electron chi connectivity index (χ4n) is 1.36. The van der Waals surface area contributed by atoms with E-state index in [1.54, 1.807) is 0 Å². The maximum atomic E-state index is 11.2. The van der Waals surface area contributed by atoms with Gasteiger partial charge in [-0.1, -0.05) is 0 Å². The lowest BCUT2D eigenvalue weighted by Gasteiger charge is -2.10. The number of aliphatic hydroxyl groups is 1. The maximum Gasteiger partial charge on any atom is 0.314 e. The van der Waals surface area contributed by atoms with E-state index in [1.807, 2.05) is 11.8 Å². The molecule has 0 aliphatic carbocycles. The second-order valence-corrected chi connectivity index (χ2v) is 4.76. The molecule has 2 amide bonds. The number of amides is 2. The highest BCUT2D eigenvalue weighted by molar-refractivity contribution is 8.00. The number of nitrogens with one attached hydrogen (secondary N) is 2. The van der Waals surface area contributed by atoms with Crippen LogP contribution in [0.2, 0.25) is 0 Å². The van der Waals surface area contributed by atoms with E-state index in [4.69, 9.17) is 5.11 Å². The van der Waals surface area contributed by atoms with Gasteiger partial charge in [0.1, 0.15) is 0 Å². The largest absolute Gasteiger partial charge is 0.396 e. The molecular weight excluding hydrogens is 200 g/mol. The second kappa shape index (κ2) is 6.95. The van der Waals surface area contributed by atoms with Crippen molar-refractivity contribution >= 4 is 17.8 Å². The molecule has 0 aromatic carbocycles. The zero-order chi connectivity index (χ0) is 10.2. The van der Waals surface area contributed by atoms with E-state index < -0.39 is 0 Å². The summed E-state index contributed by atoms with van der Waals surface area (Å²) in [6, 6.07) is -0.119. The lowest BCUT2D eigenvalue weighted by atomic mass is 10.2. The van der Waals surface area contributed by atoms with E-state index in [-0.39, 0.29) is 12.6 Å². The van der Waals surface area contributed by atoms with Crippen LogP contribution in [0.4, 0.5) is 4.79 Å². The number of hydrogen-bond donors (Lipinski definition) is 3. The lowest BCUT2D eigenvalue weighted by Crippen LogP contribution is -2.39. The first-order valence-corrected chi connectivity index (χ1v) is 6.12.